The van der Waals surface area contributed by atoms with Crippen LogP contribution in [-0.4, -0.2) is 38.9 Å². The summed E-state index contributed by atoms with van der Waals surface area (Å²) in [6.45, 7) is 1.12. The van der Waals surface area contributed by atoms with Crippen LogP contribution in [0.3, 0.4) is 0 Å². The Kier molecular flexibility index (Phi) is 4.02. The third kappa shape index (κ3) is 3.03. The van der Waals surface area contributed by atoms with Crippen LogP contribution in [0.25, 0.3) is 10.9 Å². The molecule has 0 spiro atoms. The van der Waals surface area contributed by atoms with E-state index in [0.29, 0.717) is 29.7 Å². The third-order valence-electron chi connectivity index (χ3n) is 4.33. The Morgan fingerprint density at radius 2 is 2.20 bits per heavy atom. The molecule has 2 aromatic heterocycles. The molecule has 1 aliphatic rings. The lowest BCUT2D eigenvalue weighted by Gasteiger charge is -2.22. The van der Waals surface area contributed by atoms with Gasteiger partial charge in [-0.2, -0.15) is 0 Å². The second-order valence-electron chi connectivity index (χ2n) is 5.97. The number of nitrogens with one attached hydrogen (secondary N) is 4. The highest BCUT2D eigenvalue weighted by molar-refractivity contribution is 5.83. The number of aromatic amines is 2. The number of benzene rings is 1. The van der Waals surface area contributed by atoms with Crippen LogP contribution in [0.1, 0.15) is 23.3 Å². The summed E-state index contributed by atoms with van der Waals surface area (Å²) in [5.41, 5.74) is 2.24. The molecule has 0 radical (unpaired) electrons. The van der Waals surface area contributed by atoms with E-state index in [1.165, 1.54) is 0 Å². The first-order valence-electron chi connectivity index (χ1n) is 8.23. The number of rotatable bonds is 4. The number of fused-ring (bicyclic) bond motifs is 2. The Morgan fingerprint density at radius 1 is 1.32 bits per heavy atom. The van der Waals surface area contributed by atoms with Gasteiger partial charge < -0.3 is 20.6 Å². The molecule has 25 heavy (non-hydrogen) atoms. The van der Waals surface area contributed by atoms with Crippen molar-refractivity contribution < 1.29 is 4.79 Å². The summed E-state index contributed by atoms with van der Waals surface area (Å²) >= 11 is 0. The van der Waals surface area contributed by atoms with Gasteiger partial charge >= 0.3 is 0 Å². The number of carbonyl (C=O) groups is 1. The molecule has 1 amide bonds. The van der Waals surface area contributed by atoms with Crippen LogP contribution in [0.4, 0.5) is 0 Å². The maximum atomic E-state index is 12.4. The molecular weight excluding hydrogens is 320 g/mol. The normalized spacial score (nSPS) is 16.6. The molecule has 0 unspecified atom stereocenters. The van der Waals surface area contributed by atoms with Crippen LogP contribution in [0.2, 0.25) is 0 Å². The van der Waals surface area contributed by atoms with Gasteiger partial charge in [0.25, 0.3) is 5.56 Å². The fourth-order valence-corrected chi connectivity index (χ4v) is 3.10. The number of nitrogens with zero attached hydrogens (tertiary/aromatic N) is 2. The van der Waals surface area contributed by atoms with Crippen molar-refractivity contribution in [2.24, 2.45) is 0 Å². The predicted molar refractivity (Wildman–Crippen MR) is 92.1 cm³/mol. The van der Waals surface area contributed by atoms with E-state index in [4.69, 9.17) is 0 Å². The van der Waals surface area contributed by atoms with Crippen LogP contribution >= 0.6 is 0 Å². The summed E-state index contributed by atoms with van der Waals surface area (Å²) in [6, 6.07) is 6.75. The summed E-state index contributed by atoms with van der Waals surface area (Å²) in [5.74, 6) is 0.428. The Labute approximate surface area is 143 Å². The van der Waals surface area contributed by atoms with Crippen molar-refractivity contribution in [2.45, 2.75) is 18.9 Å². The molecule has 3 aromatic rings. The maximum Gasteiger partial charge on any atom is 0.258 e. The van der Waals surface area contributed by atoms with Crippen molar-refractivity contribution in [3.63, 3.8) is 0 Å². The standard InChI is InChI=1S/C17H18N6O2/c24-16-10-3-1-2-4-11(10)22-13(23-16)6-8-19-17(25)15-14-12(5-7-18-15)20-9-21-14/h1-4,9,15,18H,5-8H2,(H,19,25)(H,20,21)(H,22,23,24)/t15-/m1/s1. The SMILES string of the molecule is O=C(NCCc1nc2ccccc2c(=O)[nH]1)[C@@H]1NCCc2[nH]cnc21. The van der Waals surface area contributed by atoms with Gasteiger partial charge in [-0.25, -0.2) is 9.97 Å². The third-order valence-corrected chi connectivity index (χ3v) is 4.33. The predicted octanol–water partition coefficient (Wildman–Crippen LogP) is 0.192. The second kappa shape index (κ2) is 6.48. The lowest BCUT2D eigenvalue weighted by Crippen LogP contribution is -2.42. The van der Waals surface area contributed by atoms with Crippen molar-refractivity contribution in [1.82, 2.24) is 30.6 Å². The van der Waals surface area contributed by atoms with E-state index in [-0.39, 0.29) is 11.5 Å². The molecule has 4 N–H and O–H groups in total. The highest BCUT2D eigenvalue weighted by atomic mass is 16.2. The van der Waals surface area contributed by atoms with Crippen LogP contribution < -0.4 is 16.2 Å². The molecule has 1 atom stereocenters. The molecule has 8 nitrogen and oxygen atoms in total. The summed E-state index contributed by atoms with van der Waals surface area (Å²) in [7, 11) is 0. The lowest BCUT2D eigenvalue weighted by atomic mass is 10.1. The van der Waals surface area contributed by atoms with Crippen LogP contribution in [-0.2, 0) is 17.6 Å². The van der Waals surface area contributed by atoms with E-state index in [1.54, 1.807) is 24.5 Å². The van der Waals surface area contributed by atoms with Crippen molar-refractivity contribution in [2.75, 3.05) is 13.1 Å². The fourth-order valence-electron chi connectivity index (χ4n) is 3.10. The molecule has 0 fully saturated rings. The first-order valence-corrected chi connectivity index (χ1v) is 8.23. The molecule has 0 aliphatic carbocycles. The minimum Gasteiger partial charge on any atom is -0.354 e. The molecule has 0 bridgehead atoms. The highest BCUT2D eigenvalue weighted by Gasteiger charge is 2.28. The van der Waals surface area contributed by atoms with Gasteiger partial charge in [0.1, 0.15) is 11.9 Å². The Bertz CT molecular complexity index is 976. The quantitative estimate of drug-likeness (QED) is 0.542. The van der Waals surface area contributed by atoms with Crippen LogP contribution in [0, 0.1) is 0 Å². The number of hydrogen-bond donors (Lipinski definition) is 4. The number of para-hydroxylation sites is 1. The highest BCUT2D eigenvalue weighted by Crippen LogP contribution is 2.19. The van der Waals surface area contributed by atoms with E-state index in [2.05, 4.69) is 30.6 Å². The first-order chi connectivity index (χ1) is 12.2. The molecule has 1 aliphatic heterocycles. The zero-order valence-corrected chi connectivity index (χ0v) is 13.5. The minimum atomic E-state index is -0.446. The van der Waals surface area contributed by atoms with Gasteiger partial charge in [0.2, 0.25) is 5.91 Å². The zero-order valence-electron chi connectivity index (χ0n) is 13.5. The molecule has 8 heteroatoms. The fraction of sp³-hybridized carbons (Fsp3) is 0.294. The average Bonchev–Trinajstić information content (AvgIpc) is 3.10. The van der Waals surface area contributed by atoms with E-state index in [1.807, 2.05) is 6.07 Å². The van der Waals surface area contributed by atoms with Crippen molar-refractivity contribution >= 4 is 16.8 Å². The molecule has 1 aromatic carbocycles. The molecule has 0 saturated heterocycles. The zero-order chi connectivity index (χ0) is 17.2. The largest absolute Gasteiger partial charge is 0.354 e. The Hall–Kier alpha value is -3.00. The topological polar surface area (TPSA) is 116 Å². The molecule has 4 rings (SSSR count). The van der Waals surface area contributed by atoms with Crippen LogP contribution in [0.5, 0.6) is 0 Å². The van der Waals surface area contributed by atoms with Gasteiger partial charge in [-0.05, 0) is 12.1 Å². The van der Waals surface area contributed by atoms with Gasteiger partial charge in [0, 0.05) is 31.6 Å². The van der Waals surface area contributed by atoms with Crippen molar-refractivity contribution in [3.8, 4) is 0 Å². The van der Waals surface area contributed by atoms with Gasteiger partial charge in [-0.1, -0.05) is 12.1 Å². The Morgan fingerprint density at radius 3 is 3.12 bits per heavy atom. The monoisotopic (exact) mass is 338 g/mol. The van der Waals surface area contributed by atoms with Gasteiger partial charge in [0.15, 0.2) is 0 Å². The minimum absolute atomic E-state index is 0.129. The number of imidazole rings is 1. The second-order valence-corrected chi connectivity index (χ2v) is 5.97. The maximum absolute atomic E-state index is 12.4. The van der Waals surface area contributed by atoms with E-state index < -0.39 is 6.04 Å². The van der Waals surface area contributed by atoms with Gasteiger partial charge in [-0.3, -0.25) is 9.59 Å². The summed E-state index contributed by atoms with van der Waals surface area (Å²) in [5, 5.41) is 6.62. The summed E-state index contributed by atoms with van der Waals surface area (Å²) in [6.07, 6.45) is 2.90. The first kappa shape index (κ1) is 15.5. The van der Waals surface area contributed by atoms with Crippen LogP contribution in [0.15, 0.2) is 35.4 Å². The number of hydrogen-bond acceptors (Lipinski definition) is 5. The average molecular weight is 338 g/mol. The lowest BCUT2D eigenvalue weighted by molar-refractivity contribution is -0.123. The summed E-state index contributed by atoms with van der Waals surface area (Å²) in [4.78, 5) is 39.0. The van der Waals surface area contributed by atoms with Crippen molar-refractivity contribution in [3.05, 3.63) is 58.2 Å². The number of amides is 1. The summed E-state index contributed by atoms with van der Waals surface area (Å²) < 4.78 is 0. The Balaban J connectivity index is 1.42. The van der Waals surface area contributed by atoms with Gasteiger partial charge in [-0.15, -0.1) is 0 Å². The van der Waals surface area contributed by atoms with E-state index in [0.717, 1.165) is 24.4 Å². The number of carbonyl (C=O) groups excluding carboxylic acids is 1. The molecule has 128 valence electrons. The number of H-pyrrole nitrogens is 2. The smallest absolute Gasteiger partial charge is 0.258 e. The molecule has 3 heterocycles. The van der Waals surface area contributed by atoms with Gasteiger partial charge in [0.05, 0.1) is 22.9 Å². The number of aromatic nitrogens is 4. The van der Waals surface area contributed by atoms with E-state index >= 15 is 0 Å². The van der Waals surface area contributed by atoms with Crippen molar-refractivity contribution in [1.29, 1.82) is 0 Å². The molecular formula is C17H18N6O2. The molecule has 0 saturated carbocycles. The van der Waals surface area contributed by atoms with E-state index in [9.17, 15) is 9.59 Å².